The SMILES string of the molecule is Cc1[nH]c(CC(CN)CC(C)C)nc1-c1ccc(Cl)cc1. The lowest BCUT2D eigenvalue weighted by Crippen LogP contribution is -2.19. The first kappa shape index (κ1) is 16.1. The molecule has 0 bridgehead atoms. The van der Waals surface area contributed by atoms with Crippen molar-refractivity contribution in [3.05, 3.63) is 40.8 Å². The molecular weight excluding hydrogens is 282 g/mol. The van der Waals surface area contributed by atoms with Crippen molar-refractivity contribution in [3.8, 4) is 11.3 Å². The van der Waals surface area contributed by atoms with Gasteiger partial charge in [0.05, 0.1) is 5.69 Å². The van der Waals surface area contributed by atoms with Crippen LogP contribution < -0.4 is 5.73 Å². The third-order valence-electron chi connectivity index (χ3n) is 3.67. The fraction of sp³-hybridized carbons (Fsp3) is 0.471. The van der Waals surface area contributed by atoms with Crippen LogP contribution in [-0.4, -0.2) is 16.5 Å². The molecule has 0 aliphatic rings. The smallest absolute Gasteiger partial charge is 0.107 e. The molecule has 2 aromatic rings. The number of H-pyrrole nitrogens is 1. The molecule has 1 aromatic heterocycles. The topological polar surface area (TPSA) is 54.7 Å². The molecule has 21 heavy (non-hydrogen) atoms. The number of imidazole rings is 1. The summed E-state index contributed by atoms with van der Waals surface area (Å²) in [6.45, 7) is 7.22. The van der Waals surface area contributed by atoms with E-state index in [1.807, 2.05) is 24.3 Å². The van der Waals surface area contributed by atoms with Crippen LogP contribution in [0, 0.1) is 18.8 Å². The first-order chi connectivity index (χ1) is 9.99. The second-order valence-corrected chi connectivity index (χ2v) is 6.54. The molecule has 1 unspecified atom stereocenters. The monoisotopic (exact) mass is 305 g/mol. The van der Waals surface area contributed by atoms with Crippen LogP contribution in [0.25, 0.3) is 11.3 Å². The highest BCUT2D eigenvalue weighted by molar-refractivity contribution is 6.30. The molecule has 0 saturated heterocycles. The van der Waals surface area contributed by atoms with Crippen LogP contribution in [0.4, 0.5) is 0 Å². The van der Waals surface area contributed by atoms with Crippen molar-refractivity contribution in [1.29, 1.82) is 0 Å². The summed E-state index contributed by atoms with van der Waals surface area (Å²) in [5.74, 6) is 2.16. The summed E-state index contributed by atoms with van der Waals surface area (Å²) in [5.41, 5.74) is 9.07. The Balaban J connectivity index is 2.16. The molecule has 3 N–H and O–H groups in total. The maximum atomic E-state index is 5.94. The van der Waals surface area contributed by atoms with Gasteiger partial charge in [0.25, 0.3) is 0 Å². The van der Waals surface area contributed by atoms with E-state index in [2.05, 4.69) is 25.8 Å². The molecule has 1 aromatic carbocycles. The lowest BCUT2D eigenvalue weighted by atomic mass is 9.94. The van der Waals surface area contributed by atoms with E-state index in [4.69, 9.17) is 22.3 Å². The van der Waals surface area contributed by atoms with E-state index in [0.29, 0.717) is 18.4 Å². The fourth-order valence-electron chi connectivity index (χ4n) is 2.71. The molecule has 2 rings (SSSR count). The standard InChI is InChI=1S/C17H24ClN3/c1-11(2)8-13(10-19)9-16-20-12(3)17(21-16)14-4-6-15(18)7-5-14/h4-7,11,13H,8-10,19H2,1-3H3,(H,20,21). The zero-order valence-electron chi connectivity index (χ0n) is 13.0. The van der Waals surface area contributed by atoms with E-state index in [-0.39, 0.29) is 0 Å². The van der Waals surface area contributed by atoms with Crippen LogP contribution in [0.3, 0.4) is 0 Å². The number of halogens is 1. The summed E-state index contributed by atoms with van der Waals surface area (Å²) in [4.78, 5) is 8.15. The van der Waals surface area contributed by atoms with Gasteiger partial charge >= 0.3 is 0 Å². The fourth-order valence-corrected chi connectivity index (χ4v) is 2.84. The van der Waals surface area contributed by atoms with E-state index in [1.165, 1.54) is 0 Å². The third kappa shape index (κ3) is 4.32. The third-order valence-corrected chi connectivity index (χ3v) is 3.92. The van der Waals surface area contributed by atoms with Crippen LogP contribution in [0.5, 0.6) is 0 Å². The molecular formula is C17H24ClN3. The molecule has 0 spiro atoms. The second kappa shape index (κ2) is 7.10. The van der Waals surface area contributed by atoms with Crippen molar-refractivity contribution in [2.75, 3.05) is 6.54 Å². The minimum Gasteiger partial charge on any atom is -0.346 e. The van der Waals surface area contributed by atoms with Crippen molar-refractivity contribution < 1.29 is 0 Å². The number of nitrogens with two attached hydrogens (primary N) is 1. The van der Waals surface area contributed by atoms with Gasteiger partial charge in [0.1, 0.15) is 5.82 Å². The van der Waals surface area contributed by atoms with Gasteiger partial charge in [-0.05, 0) is 43.9 Å². The zero-order chi connectivity index (χ0) is 15.4. The van der Waals surface area contributed by atoms with E-state index in [0.717, 1.165) is 40.6 Å². The molecule has 4 heteroatoms. The highest BCUT2D eigenvalue weighted by Crippen LogP contribution is 2.24. The summed E-state index contributed by atoms with van der Waals surface area (Å²) in [6, 6.07) is 7.80. The number of rotatable bonds is 6. The van der Waals surface area contributed by atoms with Gasteiger partial charge in [0.2, 0.25) is 0 Å². The first-order valence-corrected chi connectivity index (χ1v) is 7.89. The summed E-state index contributed by atoms with van der Waals surface area (Å²) < 4.78 is 0. The summed E-state index contributed by atoms with van der Waals surface area (Å²) in [7, 11) is 0. The van der Waals surface area contributed by atoms with Crippen molar-refractivity contribution in [1.82, 2.24) is 9.97 Å². The maximum absolute atomic E-state index is 5.94. The van der Waals surface area contributed by atoms with Crippen LogP contribution in [0.2, 0.25) is 5.02 Å². The van der Waals surface area contributed by atoms with Gasteiger partial charge in [-0.25, -0.2) is 4.98 Å². The Labute approximate surface area is 131 Å². The highest BCUT2D eigenvalue weighted by atomic mass is 35.5. The van der Waals surface area contributed by atoms with E-state index in [1.54, 1.807) is 0 Å². The largest absolute Gasteiger partial charge is 0.346 e. The van der Waals surface area contributed by atoms with Crippen molar-refractivity contribution in [2.24, 2.45) is 17.6 Å². The van der Waals surface area contributed by atoms with Crippen molar-refractivity contribution in [2.45, 2.75) is 33.6 Å². The van der Waals surface area contributed by atoms with E-state index < -0.39 is 0 Å². The average molecular weight is 306 g/mol. The first-order valence-electron chi connectivity index (χ1n) is 7.51. The number of nitrogens with zero attached hydrogens (tertiary/aromatic N) is 1. The van der Waals surface area contributed by atoms with Crippen LogP contribution in [0.15, 0.2) is 24.3 Å². The Hall–Kier alpha value is -1.32. The predicted molar refractivity (Wildman–Crippen MR) is 89.5 cm³/mol. The number of aromatic nitrogens is 2. The molecule has 1 atom stereocenters. The number of aryl methyl sites for hydroxylation is 1. The van der Waals surface area contributed by atoms with Crippen molar-refractivity contribution >= 4 is 11.6 Å². The minimum atomic E-state index is 0.480. The molecule has 0 saturated carbocycles. The molecule has 0 fully saturated rings. The molecule has 0 aliphatic carbocycles. The van der Waals surface area contributed by atoms with Gasteiger partial charge in [0.15, 0.2) is 0 Å². The van der Waals surface area contributed by atoms with Gasteiger partial charge in [-0.1, -0.05) is 37.6 Å². The Bertz CT molecular complexity index is 572. The summed E-state index contributed by atoms with van der Waals surface area (Å²) in [5, 5.41) is 0.743. The van der Waals surface area contributed by atoms with Gasteiger partial charge in [0, 0.05) is 22.7 Å². The van der Waals surface area contributed by atoms with Crippen molar-refractivity contribution in [3.63, 3.8) is 0 Å². The number of hydrogen-bond donors (Lipinski definition) is 2. The number of aromatic amines is 1. The molecule has 114 valence electrons. The zero-order valence-corrected chi connectivity index (χ0v) is 13.7. The van der Waals surface area contributed by atoms with Gasteiger partial charge in [-0.3, -0.25) is 0 Å². The molecule has 0 radical (unpaired) electrons. The Morgan fingerprint density at radius 1 is 1.24 bits per heavy atom. The predicted octanol–water partition coefficient (Wildman–Crippen LogP) is 4.20. The number of nitrogens with one attached hydrogen (secondary N) is 1. The number of benzene rings is 1. The quantitative estimate of drug-likeness (QED) is 0.840. The Morgan fingerprint density at radius 2 is 1.90 bits per heavy atom. The van der Waals surface area contributed by atoms with Gasteiger partial charge in [-0.2, -0.15) is 0 Å². The maximum Gasteiger partial charge on any atom is 0.107 e. The molecule has 0 amide bonds. The van der Waals surface area contributed by atoms with Crippen LogP contribution in [-0.2, 0) is 6.42 Å². The molecule has 3 nitrogen and oxygen atoms in total. The van der Waals surface area contributed by atoms with Crippen LogP contribution >= 0.6 is 11.6 Å². The Morgan fingerprint density at radius 3 is 2.48 bits per heavy atom. The van der Waals surface area contributed by atoms with Crippen LogP contribution in [0.1, 0.15) is 31.8 Å². The molecule has 0 aliphatic heterocycles. The van der Waals surface area contributed by atoms with E-state index in [9.17, 15) is 0 Å². The van der Waals surface area contributed by atoms with E-state index >= 15 is 0 Å². The lowest BCUT2D eigenvalue weighted by molar-refractivity contribution is 0.409. The van der Waals surface area contributed by atoms with Gasteiger partial charge < -0.3 is 10.7 Å². The summed E-state index contributed by atoms with van der Waals surface area (Å²) >= 11 is 5.94. The average Bonchev–Trinajstić information content (AvgIpc) is 2.79. The Kier molecular flexibility index (Phi) is 5.43. The highest BCUT2D eigenvalue weighted by Gasteiger charge is 2.14. The second-order valence-electron chi connectivity index (χ2n) is 6.10. The minimum absolute atomic E-state index is 0.480. The lowest BCUT2D eigenvalue weighted by Gasteiger charge is -2.15. The molecule has 1 heterocycles. The van der Waals surface area contributed by atoms with Gasteiger partial charge in [-0.15, -0.1) is 0 Å². The normalized spacial score (nSPS) is 12.9. The summed E-state index contributed by atoms with van der Waals surface area (Å²) in [6.07, 6.45) is 2.04. The number of hydrogen-bond acceptors (Lipinski definition) is 2.